The van der Waals surface area contributed by atoms with Crippen LogP contribution < -0.4 is 10.9 Å². The van der Waals surface area contributed by atoms with Crippen LogP contribution in [0.4, 0.5) is 17.3 Å². The van der Waals surface area contributed by atoms with E-state index in [1.54, 1.807) is 13.1 Å². The molecule has 0 bridgehead atoms. The number of esters is 1. The molecule has 1 aliphatic carbocycles. The molecule has 0 amide bonds. The van der Waals surface area contributed by atoms with Gasteiger partial charge in [0.05, 0.1) is 29.1 Å². The van der Waals surface area contributed by atoms with Crippen LogP contribution in [0.1, 0.15) is 75.2 Å². The van der Waals surface area contributed by atoms with Crippen molar-refractivity contribution in [1.29, 1.82) is 0 Å². The maximum Gasteiger partial charge on any atom is 0.374 e. The van der Waals surface area contributed by atoms with E-state index in [0.717, 1.165) is 18.4 Å². The lowest BCUT2D eigenvalue weighted by atomic mass is 9.79. The second-order valence-corrected chi connectivity index (χ2v) is 12.9. The molecule has 45 heavy (non-hydrogen) atoms. The Balaban J connectivity index is 1.46. The Bertz CT molecular complexity index is 2040. The summed E-state index contributed by atoms with van der Waals surface area (Å²) in [5.41, 5.74) is 4.95. The number of carbonyl (C=O) groups excluding carboxylic acids is 1. The topological polar surface area (TPSA) is 158 Å². The quantitative estimate of drug-likeness (QED) is 0.116. The van der Waals surface area contributed by atoms with Gasteiger partial charge in [0.2, 0.25) is 11.5 Å². The highest BCUT2D eigenvalue weighted by atomic mass is 16.6. The standard InChI is InChI=1S/C33H34N6O6/c1-7-44-30(41)26-10-11-27(45-26)34-24-9-8-19(39(42)43)16-22(24)28-29(40)37-38-17-25(35-31(38)36-28)21-14-18(32(2,3)4)15-23-20(21)12-13-33(23,5)6/h8-11,14-17,34H,7,12-13H2,1-6H3,(H,37,40). The molecule has 0 fully saturated rings. The van der Waals surface area contributed by atoms with E-state index in [2.05, 4.69) is 62.2 Å². The van der Waals surface area contributed by atoms with Crippen LogP contribution in [0.25, 0.3) is 28.3 Å². The number of carbonyl (C=O) groups is 1. The lowest BCUT2D eigenvalue weighted by Gasteiger charge is -2.25. The maximum atomic E-state index is 13.4. The minimum absolute atomic E-state index is 0.0180. The minimum atomic E-state index is -0.629. The Kier molecular flexibility index (Phi) is 7.10. The first kappa shape index (κ1) is 29.8. The maximum absolute atomic E-state index is 13.4. The van der Waals surface area contributed by atoms with E-state index in [4.69, 9.17) is 14.1 Å². The van der Waals surface area contributed by atoms with Crippen LogP contribution in [-0.2, 0) is 22.0 Å². The van der Waals surface area contributed by atoms with Gasteiger partial charge in [-0.05, 0) is 65.5 Å². The van der Waals surface area contributed by atoms with Crippen molar-refractivity contribution >= 4 is 29.0 Å². The van der Waals surface area contributed by atoms with Gasteiger partial charge in [0, 0.05) is 29.3 Å². The molecular formula is C33H34N6O6. The molecule has 232 valence electrons. The molecule has 3 heterocycles. The van der Waals surface area contributed by atoms with Crippen LogP contribution in [0.2, 0.25) is 0 Å². The number of anilines is 2. The third-order valence-corrected chi connectivity index (χ3v) is 8.27. The zero-order valence-electron chi connectivity index (χ0n) is 26.0. The molecule has 0 atom stereocenters. The number of nitro benzene ring substituents is 1. The van der Waals surface area contributed by atoms with Crippen molar-refractivity contribution in [3.05, 3.63) is 91.6 Å². The largest absolute Gasteiger partial charge is 0.460 e. The van der Waals surface area contributed by atoms with Gasteiger partial charge in [-0.2, -0.15) is 0 Å². The molecule has 2 N–H and O–H groups in total. The number of furan rings is 1. The highest BCUT2D eigenvalue weighted by Crippen LogP contribution is 2.45. The van der Waals surface area contributed by atoms with Crippen molar-refractivity contribution in [3.63, 3.8) is 0 Å². The Morgan fingerprint density at radius 1 is 1.16 bits per heavy atom. The summed E-state index contributed by atoms with van der Waals surface area (Å²) >= 11 is 0. The molecule has 3 aromatic heterocycles. The van der Waals surface area contributed by atoms with Crippen LogP contribution in [0.3, 0.4) is 0 Å². The van der Waals surface area contributed by atoms with Crippen molar-refractivity contribution in [2.45, 2.75) is 65.2 Å². The first-order valence-electron chi connectivity index (χ1n) is 14.8. The van der Waals surface area contributed by atoms with Crippen molar-refractivity contribution < 1.29 is 18.9 Å². The summed E-state index contributed by atoms with van der Waals surface area (Å²) in [4.78, 5) is 46.1. The van der Waals surface area contributed by atoms with Crippen LogP contribution in [0, 0.1) is 10.1 Å². The van der Waals surface area contributed by atoms with E-state index in [1.807, 2.05) is 0 Å². The Morgan fingerprint density at radius 2 is 1.93 bits per heavy atom. The number of H-pyrrole nitrogens is 1. The summed E-state index contributed by atoms with van der Waals surface area (Å²) < 4.78 is 12.0. The number of rotatable bonds is 7. The molecule has 0 unspecified atom stereocenters. The monoisotopic (exact) mass is 610 g/mol. The van der Waals surface area contributed by atoms with Gasteiger partial charge >= 0.3 is 5.97 Å². The summed E-state index contributed by atoms with van der Waals surface area (Å²) in [6, 6.07) is 11.5. The van der Waals surface area contributed by atoms with Crippen LogP contribution in [0.5, 0.6) is 0 Å². The SMILES string of the molecule is CCOC(=O)c1ccc(Nc2ccc([N+](=O)[O-])cc2-c2nc3nc(-c4cc(C(C)(C)C)cc5c4CCC5(C)C)cn3[nH]c2=O)o1. The smallest absolute Gasteiger partial charge is 0.374 e. The molecule has 12 heteroatoms. The Morgan fingerprint density at radius 3 is 2.64 bits per heavy atom. The van der Waals surface area contributed by atoms with Crippen LogP contribution >= 0.6 is 0 Å². The zero-order valence-corrected chi connectivity index (χ0v) is 26.0. The predicted molar refractivity (Wildman–Crippen MR) is 169 cm³/mol. The molecule has 0 saturated heterocycles. The highest BCUT2D eigenvalue weighted by molar-refractivity contribution is 5.87. The number of hydrogen-bond donors (Lipinski definition) is 2. The van der Waals surface area contributed by atoms with Gasteiger partial charge in [-0.3, -0.25) is 20.0 Å². The number of ether oxygens (including phenoxy) is 1. The molecule has 0 aliphatic heterocycles. The van der Waals surface area contributed by atoms with Crippen molar-refractivity contribution in [1.82, 2.24) is 19.6 Å². The number of hydrogen-bond acceptors (Lipinski definition) is 9. The first-order chi connectivity index (χ1) is 21.2. The number of aromatic nitrogens is 4. The highest BCUT2D eigenvalue weighted by Gasteiger charge is 2.34. The van der Waals surface area contributed by atoms with Crippen molar-refractivity contribution in [3.8, 4) is 22.5 Å². The average Bonchev–Trinajstić information content (AvgIpc) is 3.69. The summed E-state index contributed by atoms with van der Waals surface area (Å²) in [6.45, 7) is 12.9. The predicted octanol–water partition coefficient (Wildman–Crippen LogP) is 6.69. The van der Waals surface area contributed by atoms with Gasteiger partial charge in [0.1, 0.15) is 5.69 Å². The summed E-state index contributed by atoms with van der Waals surface area (Å²) in [6.07, 6.45) is 3.70. The Hall–Kier alpha value is -5.26. The van der Waals surface area contributed by atoms with Crippen LogP contribution in [-0.4, -0.2) is 37.1 Å². The van der Waals surface area contributed by atoms with E-state index in [9.17, 15) is 19.7 Å². The van der Waals surface area contributed by atoms with E-state index in [0.29, 0.717) is 11.4 Å². The minimum Gasteiger partial charge on any atom is -0.460 e. The van der Waals surface area contributed by atoms with Crippen molar-refractivity contribution in [2.75, 3.05) is 11.9 Å². The average molecular weight is 611 g/mol. The number of imidazole rings is 1. The van der Waals surface area contributed by atoms with E-state index < -0.39 is 16.5 Å². The fraction of sp³-hybridized carbons (Fsp3) is 0.333. The number of benzene rings is 2. The summed E-state index contributed by atoms with van der Waals surface area (Å²) in [7, 11) is 0. The molecule has 0 radical (unpaired) electrons. The van der Waals surface area contributed by atoms with Gasteiger partial charge in [0.25, 0.3) is 11.2 Å². The molecule has 2 aromatic carbocycles. The number of nitrogens with zero attached hydrogens (tertiary/aromatic N) is 4. The number of nitrogens with one attached hydrogen (secondary N) is 2. The lowest BCUT2D eigenvalue weighted by Crippen LogP contribution is -2.16. The van der Waals surface area contributed by atoms with Gasteiger partial charge in [-0.15, -0.1) is 0 Å². The summed E-state index contributed by atoms with van der Waals surface area (Å²) in [5.74, 6) is -0.248. The zero-order chi connectivity index (χ0) is 32.3. The number of non-ortho nitro benzene ring substituents is 1. The van der Waals surface area contributed by atoms with Gasteiger partial charge in [-0.1, -0.05) is 40.7 Å². The molecule has 0 spiro atoms. The second-order valence-electron chi connectivity index (χ2n) is 12.9. The van der Waals surface area contributed by atoms with Gasteiger partial charge < -0.3 is 14.5 Å². The lowest BCUT2D eigenvalue weighted by molar-refractivity contribution is -0.384. The number of aromatic amines is 1. The fourth-order valence-corrected chi connectivity index (χ4v) is 5.74. The van der Waals surface area contributed by atoms with E-state index >= 15 is 0 Å². The third kappa shape index (κ3) is 5.47. The molecule has 5 aromatic rings. The fourth-order valence-electron chi connectivity index (χ4n) is 5.74. The Labute approximate surface area is 258 Å². The van der Waals surface area contributed by atoms with Gasteiger partial charge in [-0.25, -0.2) is 19.3 Å². The first-order valence-corrected chi connectivity index (χ1v) is 14.8. The van der Waals surface area contributed by atoms with Gasteiger partial charge in [0.15, 0.2) is 5.88 Å². The second kappa shape index (κ2) is 10.7. The molecule has 6 rings (SSSR count). The van der Waals surface area contributed by atoms with Crippen LogP contribution in [0.15, 0.2) is 57.9 Å². The molecule has 0 saturated carbocycles. The number of fused-ring (bicyclic) bond motifs is 2. The molecule has 1 aliphatic rings. The molecular weight excluding hydrogens is 576 g/mol. The van der Waals surface area contributed by atoms with E-state index in [-0.39, 0.29) is 51.8 Å². The normalized spacial score (nSPS) is 14.0. The van der Waals surface area contributed by atoms with E-state index in [1.165, 1.54) is 51.5 Å². The molecule has 12 nitrogen and oxygen atoms in total. The summed E-state index contributed by atoms with van der Waals surface area (Å²) in [5, 5.41) is 17.5. The number of nitro groups is 1. The third-order valence-electron chi connectivity index (χ3n) is 8.27. The van der Waals surface area contributed by atoms with Crippen molar-refractivity contribution in [2.24, 2.45) is 0 Å².